The van der Waals surface area contributed by atoms with Gasteiger partial charge in [-0.2, -0.15) is 0 Å². The van der Waals surface area contributed by atoms with E-state index < -0.39 is 17.5 Å². The molecule has 0 aliphatic carbocycles. The zero-order chi connectivity index (χ0) is 18.1. The lowest BCUT2D eigenvalue weighted by atomic mass is 10.1. The Labute approximate surface area is 145 Å². The molecule has 7 nitrogen and oxygen atoms in total. The second kappa shape index (κ2) is 6.43. The number of benzene rings is 2. The first-order chi connectivity index (χ1) is 12.6. The predicted molar refractivity (Wildman–Crippen MR) is 84.0 cm³/mol. The van der Waals surface area contributed by atoms with Crippen LogP contribution in [0, 0.1) is 11.6 Å². The lowest BCUT2D eigenvalue weighted by Gasteiger charge is -2.02. The Kier molecular flexibility index (Phi) is 3.96. The normalized spacial score (nSPS) is 12.2. The third-order valence-electron chi connectivity index (χ3n) is 3.66. The third-order valence-corrected chi connectivity index (χ3v) is 3.66. The molecule has 1 aliphatic rings. The summed E-state index contributed by atoms with van der Waals surface area (Å²) in [6.07, 6.45) is 0.310. The molecule has 0 radical (unpaired) electrons. The van der Waals surface area contributed by atoms with Crippen molar-refractivity contribution >= 4 is 11.9 Å². The van der Waals surface area contributed by atoms with E-state index in [4.69, 9.17) is 13.9 Å². The number of aromatic nitrogens is 2. The van der Waals surface area contributed by atoms with E-state index in [0.717, 1.165) is 17.7 Å². The number of fused-ring (bicyclic) bond motifs is 1. The average molecular weight is 359 g/mol. The molecule has 1 amide bonds. The molecule has 2 aromatic carbocycles. The maximum Gasteiger partial charge on any atom is 0.322 e. The summed E-state index contributed by atoms with van der Waals surface area (Å²) in [6.45, 7) is 0.176. The van der Waals surface area contributed by atoms with Crippen LogP contribution in [0.5, 0.6) is 11.5 Å². The maximum absolute atomic E-state index is 13.6. The summed E-state index contributed by atoms with van der Waals surface area (Å²) in [5.41, 5.74) is 0.516. The van der Waals surface area contributed by atoms with Gasteiger partial charge >= 0.3 is 6.01 Å². The monoisotopic (exact) mass is 359 g/mol. The van der Waals surface area contributed by atoms with Crippen molar-refractivity contribution < 1.29 is 27.5 Å². The van der Waals surface area contributed by atoms with Gasteiger partial charge in [0.25, 0.3) is 5.91 Å². The Morgan fingerprint density at radius 3 is 2.77 bits per heavy atom. The summed E-state index contributed by atoms with van der Waals surface area (Å²) >= 11 is 0. The molecule has 1 N–H and O–H groups in total. The first-order valence-electron chi connectivity index (χ1n) is 7.56. The van der Waals surface area contributed by atoms with Gasteiger partial charge in [-0.3, -0.25) is 10.1 Å². The molecule has 0 atom stereocenters. The Bertz CT molecular complexity index is 990. The molecule has 0 bridgehead atoms. The Hall–Kier alpha value is -3.49. The highest BCUT2D eigenvalue weighted by Gasteiger charge is 2.17. The van der Waals surface area contributed by atoms with Gasteiger partial charge in [0, 0.05) is 6.07 Å². The Balaban J connectivity index is 1.45. The van der Waals surface area contributed by atoms with Gasteiger partial charge in [0.2, 0.25) is 12.7 Å². The van der Waals surface area contributed by atoms with Crippen LogP contribution >= 0.6 is 0 Å². The molecule has 26 heavy (non-hydrogen) atoms. The van der Waals surface area contributed by atoms with E-state index in [9.17, 15) is 13.6 Å². The van der Waals surface area contributed by atoms with Gasteiger partial charge in [-0.25, -0.2) is 8.78 Å². The smallest absolute Gasteiger partial charge is 0.322 e. The van der Waals surface area contributed by atoms with Crippen molar-refractivity contribution in [1.29, 1.82) is 0 Å². The highest BCUT2D eigenvalue weighted by atomic mass is 19.1. The number of amides is 1. The van der Waals surface area contributed by atoms with Crippen LogP contribution in [-0.4, -0.2) is 22.9 Å². The maximum atomic E-state index is 13.6. The highest BCUT2D eigenvalue weighted by molar-refractivity contribution is 6.03. The van der Waals surface area contributed by atoms with E-state index >= 15 is 0 Å². The zero-order valence-corrected chi connectivity index (χ0v) is 13.2. The van der Waals surface area contributed by atoms with Crippen molar-refractivity contribution in [2.24, 2.45) is 0 Å². The molecule has 0 unspecified atom stereocenters. The van der Waals surface area contributed by atoms with E-state index in [-0.39, 0.29) is 24.3 Å². The minimum Gasteiger partial charge on any atom is -0.454 e. The molecule has 0 saturated heterocycles. The van der Waals surface area contributed by atoms with Crippen molar-refractivity contribution in [3.63, 3.8) is 0 Å². The fraction of sp³-hybridized carbons (Fsp3) is 0.118. The predicted octanol–water partition coefficient (Wildman–Crippen LogP) is 2.92. The quantitative estimate of drug-likeness (QED) is 0.771. The number of carbonyl (C=O) groups excluding carboxylic acids is 1. The van der Waals surface area contributed by atoms with Crippen LogP contribution in [0.25, 0.3) is 0 Å². The minimum atomic E-state index is -0.984. The van der Waals surface area contributed by atoms with Crippen LogP contribution in [0.15, 0.2) is 40.8 Å². The lowest BCUT2D eigenvalue weighted by Crippen LogP contribution is -2.14. The molecule has 3 aromatic rings. The summed E-state index contributed by atoms with van der Waals surface area (Å²) in [4.78, 5) is 12.0. The summed E-state index contributed by atoms with van der Waals surface area (Å²) in [5, 5.41) is 9.81. The number of carbonyl (C=O) groups is 1. The summed E-state index contributed by atoms with van der Waals surface area (Å²) < 4.78 is 42.4. The van der Waals surface area contributed by atoms with Crippen molar-refractivity contribution in [2.75, 3.05) is 12.1 Å². The Morgan fingerprint density at radius 2 is 1.92 bits per heavy atom. The van der Waals surface area contributed by atoms with Crippen LogP contribution in [0.4, 0.5) is 14.8 Å². The molecule has 0 saturated carbocycles. The number of nitrogens with zero attached hydrogens (tertiary/aromatic N) is 2. The van der Waals surface area contributed by atoms with Gasteiger partial charge in [0.15, 0.2) is 11.5 Å². The van der Waals surface area contributed by atoms with Crippen LogP contribution in [0.3, 0.4) is 0 Å². The summed E-state index contributed by atoms with van der Waals surface area (Å²) in [6, 6.07) is 7.83. The summed E-state index contributed by atoms with van der Waals surface area (Å²) in [5.74, 6) is -1.04. The van der Waals surface area contributed by atoms with E-state index in [1.807, 2.05) is 6.07 Å². The minimum absolute atomic E-state index is 0.176. The van der Waals surface area contributed by atoms with Crippen molar-refractivity contribution in [3.05, 3.63) is 65.1 Å². The average Bonchev–Trinajstić information content (AvgIpc) is 3.23. The molecule has 9 heteroatoms. The van der Waals surface area contributed by atoms with Crippen molar-refractivity contribution in [1.82, 2.24) is 10.2 Å². The topological polar surface area (TPSA) is 86.5 Å². The number of nitrogens with one attached hydrogen (secondary N) is 1. The van der Waals surface area contributed by atoms with Gasteiger partial charge < -0.3 is 13.9 Å². The molecular formula is C17H11F2N3O4. The van der Waals surface area contributed by atoms with E-state index in [2.05, 4.69) is 15.5 Å². The van der Waals surface area contributed by atoms with Gasteiger partial charge in [0.05, 0.1) is 12.0 Å². The van der Waals surface area contributed by atoms with Gasteiger partial charge in [0.1, 0.15) is 11.6 Å². The first kappa shape index (κ1) is 16.0. The molecular weight excluding hydrogens is 348 g/mol. The number of rotatable bonds is 4. The molecule has 1 aliphatic heterocycles. The summed E-state index contributed by atoms with van der Waals surface area (Å²) in [7, 11) is 0. The number of hydrogen-bond acceptors (Lipinski definition) is 6. The third kappa shape index (κ3) is 3.18. The van der Waals surface area contributed by atoms with Crippen LogP contribution in [0.1, 0.15) is 21.8 Å². The second-order valence-electron chi connectivity index (χ2n) is 5.44. The molecule has 4 rings (SSSR count). The molecule has 0 spiro atoms. The van der Waals surface area contributed by atoms with E-state index in [1.54, 1.807) is 12.1 Å². The second-order valence-corrected chi connectivity index (χ2v) is 5.44. The number of halogens is 2. The number of hydrogen-bond donors (Lipinski definition) is 1. The van der Waals surface area contributed by atoms with E-state index in [1.165, 1.54) is 0 Å². The van der Waals surface area contributed by atoms with E-state index in [0.29, 0.717) is 24.0 Å². The molecule has 1 aromatic heterocycles. The van der Waals surface area contributed by atoms with Gasteiger partial charge in [-0.1, -0.05) is 11.2 Å². The van der Waals surface area contributed by atoms with Gasteiger partial charge in [-0.15, -0.1) is 5.10 Å². The fourth-order valence-corrected chi connectivity index (χ4v) is 2.44. The Morgan fingerprint density at radius 1 is 1.08 bits per heavy atom. The van der Waals surface area contributed by atoms with Crippen molar-refractivity contribution in [3.8, 4) is 11.5 Å². The number of ether oxygens (including phenoxy) is 2. The zero-order valence-electron chi connectivity index (χ0n) is 13.2. The molecule has 0 fully saturated rings. The van der Waals surface area contributed by atoms with Gasteiger partial charge in [-0.05, 0) is 29.8 Å². The van der Waals surface area contributed by atoms with Crippen LogP contribution in [-0.2, 0) is 6.42 Å². The highest BCUT2D eigenvalue weighted by Crippen LogP contribution is 2.33. The van der Waals surface area contributed by atoms with Crippen LogP contribution in [0.2, 0.25) is 0 Å². The first-order valence-corrected chi connectivity index (χ1v) is 7.56. The largest absolute Gasteiger partial charge is 0.454 e. The van der Waals surface area contributed by atoms with Crippen LogP contribution < -0.4 is 14.8 Å². The fourth-order valence-electron chi connectivity index (χ4n) is 2.44. The molecule has 132 valence electrons. The standard InChI is InChI=1S/C17H11F2N3O4/c18-10-2-3-11(12(19)7-10)16(23)20-17-22-21-15(26-17)6-9-1-4-13-14(5-9)25-8-24-13/h1-5,7H,6,8H2,(H,20,22,23). The lowest BCUT2D eigenvalue weighted by molar-refractivity contribution is 0.102. The molecule has 2 heterocycles. The van der Waals surface area contributed by atoms with Crippen molar-refractivity contribution in [2.45, 2.75) is 6.42 Å². The SMILES string of the molecule is O=C(Nc1nnc(Cc2ccc3c(c2)OCO3)o1)c1ccc(F)cc1F. The number of anilines is 1.